The number of hydrogen-bond donors (Lipinski definition) is 0. The van der Waals surface area contributed by atoms with Crippen LogP contribution in [-0.2, 0) is 0 Å². The summed E-state index contributed by atoms with van der Waals surface area (Å²) < 4.78 is 0. The largest absolute Gasteiger partial charge is 0.308 e. The fourth-order valence-electron chi connectivity index (χ4n) is 2.16. The molecule has 5 nitrogen and oxygen atoms in total. The normalized spacial score (nSPS) is 20.8. The molecule has 2 heterocycles. The molecule has 86 valence electrons. The molecular weight excluding hydrogens is 206 g/mol. The first-order valence-electron chi connectivity index (χ1n) is 5.61. The molecular formula is C11H16N3O2+. The first kappa shape index (κ1) is 10.9. The van der Waals surface area contributed by atoms with Crippen molar-refractivity contribution in [2.24, 2.45) is 0 Å². The second kappa shape index (κ2) is 4.47. The summed E-state index contributed by atoms with van der Waals surface area (Å²) in [5.74, 6) is 0.970. The smallest absolute Gasteiger partial charge is 0.259 e. The highest BCUT2D eigenvalue weighted by Crippen LogP contribution is 2.21. The minimum absolute atomic E-state index is 0.105. The van der Waals surface area contributed by atoms with Crippen molar-refractivity contribution in [3.8, 4) is 0 Å². The summed E-state index contributed by atoms with van der Waals surface area (Å²) in [6, 6.07) is 3.85. The lowest BCUT2D eigenvalue weighted by atomic mass is 10.0. The van der Waals surface area contributed by atoms with Crippen LogP contribution in [0.1, 0.15) is 26.2 Å². The van der Waals surface area contributed by atoms with E-state index < -0.39 is 0 Å². The molecule has 0 spiro atoms. The number of rotatable bonds is 2. The van der Waals surface area contributed by atoms with E-state index in [0.717, 1.165) is 12.4 Å². The third-order valence-corrected chi connectivity index (χ3v) is 3.10. The van der Waals surface area contributed by atoms with Crippen LogP contribution in [0.25, 0.3) is 0 Å². The average molecular weight is 222 g/mol. The standard InChI is InChI=1S/C11H15N3O2/c1-9-4-2-3-7-13(9)11-6-5-10(8-12-11)14(15)16/h5-6,8-9H,2-4,7H2,1H3/p+1/t9-/m1/s1. The van der Waals surface area contributed by atoms with Crippen molar-refractivity contribution in [2.45, 2.75) is 32.2 Å². The Hall–Kier alpha value is -1.65. The summed E-state index contributed by atoms with van der Waals surface area (Å²) in [4.78, 5) is 15.4. The first-order chi connectivity index (χ1) is 7.68. The molecule has 1 aliphatic heterocycles. The van der Waals surface area contributed by atoms with Crippen LogP contribution in [-0.4, -0.2) is 17.5 Å². The topological polar surface area (TPSA) is 60.5 Å². The van der Waals surface area contributed by atoms with E-state index in [1.807, 2.05) is 0 Å². The number of nitrogens with zero attached hydrogens (tertiary/aromatic N) is 2. The minimum Gasteiger partial charge on any atom is -0.259 e. The molecule has 1 aromatic heterocycles. The predicted octanol–water partition coefficient (Wildman–Crippen LogP) is 1.79. The number of H-pyrrole nitrogens is 1. The third kappa shape index (κ3) is 2.13. The highest BCUT2D eigenvalue weighted by Gasteiger charge is 2.26. The number of aromatic amines is 1. The summed E-state index contributed by atoms with van der Waals surface area (Å²) in [5, 5.41) is 10.5. The second-order valence-electron chi connectivity index (χ2n) is 4.23. The SMILES string of the molecule is C[C@@H]1CCCCN1c1ccc([N+](=O)[O-])c[nH+]1. The average Bonchev–Trinajstić information content (AvgIpc) is 2.30. The minimum atomic E-state index is -0.389. The zero-order chi connectivity index (χ0) is 11.5. The fraction of sp³-hybridized carbons (Fsp3) is 0.545. The fourth-order valence-corrected chi connectivity index (χ4v) is 2.16. The zero-order valence-corrected chi connectivity index (χ0v) is 9.35. The van der Waals surface area contributed by atoms with Crippen LogP contribution in [0, 0.1) is 10.1 Å². The van der Waals surface area contributed by atoms with Crippen LogP contribution in [0.15, 0.2) is 18.3 Å². The van der Waals surface area contributed by atoms with Gasteiger partial charge >= 0.3 is 5.69 Å². The Morgan fingerprint density at radius 3 is 2.88 bits per heavy atom. The van der Waals surface area contributed by atoms with Crippen LogP contribution in [0.4, 0.5) is 11.5 Å². The van der Waals surface area contributed by atoms with E-state index in [-0.39, 0.29) is 10.6 Å². The molecule has 1 N–H and O–H groups in total. The van der Waals surface area contributed by atoms with Crippen LogP contribution >= 0.6 is 0 Å². The lowest BCUT2D eigenvalue weighted by Crippen LogP contribution is -2.40. The van der Waals surface area contributed by atoms with Gasteiger partial charge < -0.3 is 0 Å². The zero-order valence-electron chi connectivity index (χ0n) is 9.35. The Balaban J connectivity index is 2.17. The van der Waals surface area contributed by atoms with Crippen LogP contribution in [0.2, 0.25) is 0 Å². The van der Waals surface area contributed by atoms with Gasteiger partial charge in [-0.2, -0.15) is 0 Å². The molecule has 1 aromatic rings. The Labute approximate surface area is 94.2 Å². The summed E-state index contributed by atoms with van der Waals surface area (Å²) in [6.45, 7) is 3.21. The van der Waals surface area contributed by atoms with Gasteiger partial charge in [0.05, 0.1) is 17.5 Å². The van der Waals surface area contributed by atoms with Gasteiger partial charge in [0, 0.05) is 12.1 Å². The molecule has 0 amide bonds. The quantitative estimate of drug-likeness (QED) is 0.566. The molecule has 16 heavy (non-hydrogen) atoms. The van der Waals surface area contributed by atoms with Crippen molar-refractivity contribution in [3.05, 3.63) is 28.4 Å². The number of anilines is 1. The van der Waals surface area contributed by atoms with Gasteiger partial charge in [-0.15, -0.1) is 0 Å². The van der Waals surface area contributed by atoms with Crippen LogP contribution in [0.5, 0.6) is 0 Å². The Morgan fingerprint density at radius 1 is 1.50 bits per heavy atom. The van der Waals surface area contributed by atoms with Crippen LogP contribution < -0.4 is 9.88 Å². The maximum absolute atomic E-state index is 10.5. The summed E-state index contributed by atoms with van der Waals surface area (Å²) in [6.07, 6.45) is 5.10. The van der Waals surface area contributed by atoms with Gasteiger partial charge in [-0.3, -0.25) is 15.0 Å². The monoisotopic (exact) mass is 222 g/mol. The van der Waals surface area contributed by atoms with Crippen molar-refractivity contribution in [1.29, 1.82) is 0 Å². The number of nitrogens with one attached hydrogen (secondary N) is 1. The van der Waals surface area contributed by atoms with Gasteiger partial charge in [-0.25, -0.2) is 4.98 Å². The summed E-state index contributed by atoms with van der Waals surface area (Å²) in [5.41, 5.74) is 0.105. The Bertz CT molecular complexity index is 377. The molecule has 1 saturated heterocycles. The van der Waals surface area contributed by atoms with E-state index in [9.17, 15) is 10.1 Å². The van der Waals surface area contributed by atoms with Crippen molar-refractivity contribution >= 4 is 11.5 Å². The Morgan fingerprint density at radius 2 is 2.31 bits per heavy atom. The molecule has 1 atom stereocenters. The first-order valence-corrected chi connectivity index (χ1v) is 5.61. The molecule has 1 fully saturated rings. The van der Waals surface area contributed by atoms with Gasteiger partial charge in [0.15, 0.2) is 6.20 Å². The number of nitro groups is 1. The van der Waals surface area contributed by atoms with Crippen molar-refractivity contribution in [2.75, 3.05) is 11.4 Å². The molecule has 5 heteroatoms. The number of piperidine rings is 1. The van der Waals surface area contributed by atoms with Crippen molar-refractivity contribution in [3.63, 3.8) is 0 Å². The molecule has 0 aliphatic carbocycles. The molecule has 0 unspecified atom stereocenters. The molecule has 2 rings (SSSR count). The maximum atomic E-state index is 10.5. The third-order valence-electron chi connectivity index (χ3n) is 3.10. The Kier molecular flexibility index (Phi) is 3.03. The lowest BCUT2D eigenvalue weighted by Gasteiger charge is -2.27. The van der Waals surface area contributed by atoms with Gasteiger partial charge in [-0.1, -0.05) is 0 Å². The van der Waals surface area contributed by atoms with Gasteiger partial charge in [0.1, 0.15) is 0 Å². The maximum Gasteiger partial charge on any atom is 0.308 e. The molecule has 1 aliphatic rings. The number of hydrogen-bond acceptors (Lipinski definition) is 3. The number of aromatic nitrogens is 1. The van der Waals surface area contributed by atoms with E-state index in [4.69, 9.17) is 0 Å². The van der Waals surface area contributed by atoms with Crippen LogP contribution in [0.3, 0.4) is 0 Å². The molecule has 0 aromatic carbocycles. The lowest BCUT2D eigenvalue weighted by molar-refractivity contribution is -0.414. The predicted molar refractivity (Wildman–Crippen MR) is 60.3 cm³/mol. The van der Waals surface area contributed by atoms with E-state index in [0.29, 0.717) is 6.04 Å². The summed E-state index contributed by atoms with van der Waals surface area (Å²) in [7, 11) is 0. The second-order valence-corrected chi connectivity index (χ2v) is 4.23. The molecule has 0 saturated carbocycles. The highest BCUT2D eigenvalue weighted by atomic mass is 16.6. The van der Waals surface area contributed by atoms with E-state index >= 15 is 0 Å². The van der Waals surface area contributed by atoms with E-state index in [2.05, 4.69) is 16.8 Å². The van der Waals surface area contributed by atoms with E-state index in [1.54, 1.807) is 12.1 Å². The van der Waals surface area contributed by atoms with Gasteiger partial charge in [0.25, 0.3) is 5.82 Å². The number of pyridine rings is 1. The summed E-state index contributed by atoms with van der Waals surface area (Å²) >= 11 is 0. The molecule has 0 bridgehead atoms. The van der Waals surface area contributed by atoms with Crippen molar-refractivity contribution in [1.82, 2.24) is 0 Å². The molecule has 0 radical (unpaired) electrons. The van der Waals surface area contributed by atoms with Crippen molar-refractivity contribution < 1.29 is 9.91 Å². The van der Waals surface area contributed by atoms with Gasteiger partial charge in [0.2, 0.25) is 0 Å². The highest BCUT2D eigenvalue weighted by molar-refractivity contribution is 5.38. The van der Waals surface area contributed by atoms with Gasteiger partial charge in [-0.05, 0) is 26.2 Å². The van der Waals surface area contributed by atoms with E-state index in [1.165, 1.54) is 25.5 Å².